The van der Waals surface area contributed by atoms with Crippen molar-refractivity contribution in [2.24, 2.45) is 5.41 Å². The standard InChI is InChI=1S/C29H34FN3O/c1-21(7-6-8-22(2)19-28(34)32-25-12-10-24(30)11-13-25)9-14-26-23(3)27(15-16-29(26,4)5)33-18-17-31-20-33/h6-14,17-20,27H,15-16H2,1-5H3,(H,32,34)/b8-6+,14-9+,21-7+,22-19+/i10D,11D,12D,13D. The molecule has 1 heterocycles. The van der Waals surface area contributed by atoms with Gasteiger partial charge in [-0.2, -0.15) is 0 Å². The summed E-state index contributed by atoms with van der Waals surface area (Å²) < 4.78 is 46.6. The summed E-state index contributed by atoms with van der Waals surface area (Å²) in [5.41, 5.74) is 4.03. The Labute approximate surface area is 207 Å². The zero-order chi connectivity index (χ0) is 28.2. The number of hydrogen-bond acceptors (Lipinski definition) is 2. The minimum Gasteiger partial charge on any atom is -0.330 e. The van der Waals surface area contributed by atoms with Gasteiger partial charge in [0.1, 0.15) is 5.82 Å². The van der Waals surface area contributed by atoms with Crippen LogP contribution in [0.4, 0.5) is 10.1 Å². The van der Waals surface area contributed by atoms with Crippen molar-refractivity contribution < 1.29 is 14.7 Å². The molecule has 1 aromatic carbocycles. The van der Waals surface area contributed by atoms with Gasteiger partial charge in [0.05, 0.1) is 17.9 Å². The van der Waals surface area contributed by atoms with Crippen molar-refractivity contribution in [3.05, 3.63) is 107 Å². The van der Waals surface area contributed by atoms with Crippen LogP contribution in [0.2, 0.25) is 0 Å². The molecule has 0 saturated carbocycles. The number of rotatable bonds is 7. The zero-order valence-corrected chi connectivity index (χ0v) is 20.4. The third-order valence-corrected chi connectivity index (χ3v) is 6.01. The van der Waals surface area contributed by atoms with E-state index in [0.29, 0.717) is 11.6 Å². The first-order valence-electron chi connectivity index (χ1n) is 13.3. The summed E-state index contributed by atoms with van der Waals surface area (Å²) in [5.74, 6) is -1.88. The minimum atomic E-state index is -1.25. The van der Waals surface area contributed by atoms with E-state index in [1.165, 1.54) is 17.2 Å². The number of carbonyl (C=O) groups excluding carboxylic acids is 1. The van der Waals surface area contributed by atoms with Crippen molar-refractivity contribution in [1.82, 2.24) is 9.55 Å². The Balaban J connectivity index is 1.70. The normalized spacial score (nSPS) is 20.9. The van der Waals surface area contributed by atoms with E-state index < -0.39 is 35.9 Å². The van der Waals surface area contributed by atoms with Gasteiger partial charge in [-0.05, 0) is 79.9 Å². The second kappa shape index (κ2) is 11.1. The van der Waals surface area contributed by atoms with Crippen LogP contribution in [0.15, 0.2) is 102 Å². The van der Waals surface area contributed by atoms with Gasteiger partial charge in [-0.3, -0.25) is 4.79 Å². The maximum Gasteiger partial charge on any atom is 0.248 e. The molecule has 0 aliphatic heterocycles. The highest BCUT2D eigenvalue weighted by atomic mass is 19.1. The van der Waals surface area contributed by atoms with Crippen LogP contribution in [-0.2, 0) is 4.79 Å². The van der Waals surface area contributed by atoms with Gasteiger partial charge < -0.3 is 9.88 Å². The average Bonchev–Trinajstić information content (AvgIpc) is 3.38. The number of anilines is 1. The van der Waals surface area contributed by atoms with E-state index in [4.69, 9.17) is 5.48 Å². The summed E-state index contributed by atoms with van der Waals surface area (Å²) in [6.45, 7) is 10.5. The van der Waals surface area contributed by atoms with Crippen LogP contribution in [0.3, 0.4) is 0 Å². The molecule has 0 spiro atoms. The summed E-state index contributed by atoms with van der Waals surface area (Å²) in [5, 5.41) is 2.33. The Morgan fingerprint density at radius 1 is 1.24 bits per heavy atom. The van der Waals surface area contributed by atoms with Crippen LogP contribution >= 0.6 is 0 Å². The summed E-state index contributed by atoms with van der Waals surface area (Å²) in [7, 11) is 0. The van der Waals surface area contributed by atoms with Gasteiger partial charge in [0.25, 0.3) is 0 Å². The quantitative estimate of drug-likeness (QED) is 0.345. The zero-order valence-electron chi connectivity index (χ0n) is 24.4. The molecule has 2 aromatic rings. The molecule has 0 bridgehead atoms. The maximum atomic E-state index is 13.7. The van der Waals surface area contributed by atoms with E-state index in [2.05, 4.69) is 47.8 Å². The van der Waals surface area contributed by atoms with E-state index in [1.807, 2.05) is 37.8 Å². The van der Waals surface area contributed by atoms with Crippen LogP contribution < -0.4 is 5.32 Å². The van der Waals surface area contributed by atoms with Crippen LogP contribution in [0, 0.1) is 11.2 Å². The lowest BCUT2D eigenvalue weighted by Crippen LogP contribution is -2.25. The highest BCUT2D eigenvalue weighted by Crippen LogP contribution is 2.45. The number of aromatic nitrogens is 2. The number of imidazole rings is 1. The van der Waals surface area contributed by atoms with Gasteiger partial charge in [0.15, 0.2) is 0 Å². The maximum absolute atomic E-state index is 13.7. The lowest BCUT2D eigenvalue weighted by molar-refractivity contribution is -0.111. The third kappa shape index (κ3) is 6.77. The first-order valence-corrected chi connectivity index (χ1v) is 11.3. The fourth-order valence-corrected chi connectivity index (χ4v) is 4.14. The Morgan fingerprint density at radius 3 is 2.65 bits per heavy atom. The molecule has 1 aliphatic carbocycles. The molecule has 1 amide bonds. The highest BCUT2D eigenvalue weighted by Gasteiger charge is 2.32. The highest BCUT2D eigenvalue weighted by molar-refractivity contribution is 5.99. The number of amides is 1. The second-order valence-corrected chi connectivity index (χ2v) is 9.21. The molecule has 3 rings (SSSR count). The Morgan fingerprint density at radius 2 is 1.97 bits per heavy atom. The predicted octanol–water partition coefficient (Wildman–Crippen LogP) is 7.34. The molecule has 178 valence electrons. The fraction of sp³-hybridized carbons (Fsp3) is 0.310. The number of benzene rings is 1. The monoisotopic (exact) mass is 463 g/mol. The van der Waals surface area contributed by atoms with E-state index in [1.54, 1.807) is 13.0 Å². The number of carbonyl (C=O) groups is 1. The summed E-state index contributed by atoms with van der Waals surface area (Å²) in [6.07, 6.45) is 18.9. The minimum absolute atomic E-state index is 0.0737. The topological polar surface area (TPSA) is 46.9 Å². The van der Waals surface area contributed by atoms with Crippen LogP contribution in [0.1, 0.15) is 59.0 Å². The molecule has 0 fully saturated rings. The Hall–Kier alpha value is -3.47. The van der Waals surface area contributed by atoms with Gasteiger partial charge >= 0.3 is 0 Å². The van der Waals surface area contributed by atoms with E-state index in [-0.39, 0.29) is 11.1 Å². The van der Waals surface area contributed by atoms with E-state index in [9.17, 15) is 9.18 Å². The Bertz CT molecular complexity index is 1340. The first kappa shape index (κ1) is 20.0. The molecule has 1 aromatic heterocycles. The molecular formula is C29H34FN3O. The van der Waals surface area contributed by atoms with Crippen molar-refractivity contribution in [1.29, 1.82) is 0 Å². The van der Waals surface area contributed by atoms with Crippen molar-refractivity contribution in [3.8, 4) is 0 Å². The lowest BCUT2D eigenvalue weighted by atomic mass is 9.71. The lowest BCUT2D eigenvalue weighted by Gasteiger charge is -2.37. The molecule has 5 heteroatoms. The molecular weight excluding hydrogens is 425 g/mol. The van der Waals surface area contributed by atoms with Crippen molar-refractivity contribution in [2.75, 3.05) is 5.32 Å². The fourth-order valence-electron chi connectivity index (χ4n) is 4.14. The van der Waals surface area contributed by atoms with Crippen molar-refractivity contribution in [2.45, 2.75) is 53.5 Å². The summed E-state index contributed by atoms with van der Waals surface area (Å²) >= 11 is 0. The number of nitrogens with zero attached hydrogens (tertiary/aromatic N) is 2. The number of allylic oxidation sites excluding steroid dienone is 9. The summed E-state index contributed by atoms with van der Waals surface area (Å²) in [6, 6.07) is -2.61. The predicted molar refractivity (Wildman–Crippen MR) is 138 cm³/mol. The van der Waals surface area contributed by atoms with Gasteiger partial charge in [-0.25, -0.2) is 9.37 Å². The van der Waals surface area contributed by atoms with Crippen LogP contribution in [0.25, 0.3) is 0 Å². The van der Waals surface area contributed by atoms with Crippen LogP contribution in [0.5, 0.6) is 0 Å². The molecule has 4 nitrogen and oxygen atoms in total. The van der Waals surface area contributed by atoms with Crippen molar-refractivity contribution in [3.63, 3.8) is 0 Å². The van der Waals surface area contributed by atoms with Gasteiger partial charge in [0, 0.05) is 24.2 Å². The molecule has 1 unspecified atom stereocenters. The molecule has 0 radical (unpaired) electrons. The summed E-state index contributed by atoms with van der Waals surface area (Å²) in [4.78, 5) is 16.6. The Kier molecular flexibility index (Phi) is 6.51. The number of hydrogen-bond donors (Lipinski definition) is 1. The SMILES string of the molecule is [2H]c1c([2H])c(NC(=O)/C=C(C)/C=C/C=C(C)/C=C/C2=C(C)C(n3ccnc3)CCC2(C)C)c([2H])c([2H])c1F. The first-order chi connectivity index (χ1) is 17.8. The van der Waals surface area contributed by atoms with Crippen molar-refractivity contribution >= 4 is 11.6 Å². The van der Waals surface area contributed by atoms with Crippen LogP contribution in [-0.4, -0.2) is 15.5 Å². The molecule has 1 aliphatic rings. The molecule has 34 heavy (non-hydrogen) atoms. The average molecular weight is 464 g/mol. The van der Waals surface area contributed by atoms with Gasteiger partial charge in [0.2, 0.25) is 5.91 Å². The van der Waals surface area contributed by atoms with E-state index >= 15 is 0 Å². The molecule has 1 atom stereocenters. The molecule has 1 N–H and O–H groups in total. The number of nitrogens with one attached hydrogen (secondary N) is 1. The molecule has 0 saturated heterocycles. The largest absolute Gasteiger partial charge is 0.330 e. The second-order valence-electron chi connectivity index (χ2n) is 9.21. The van der Waals surface area contributed by atoms with Gasteiger partial charge in [-0.15, -0.1) is 0 Å². The van der Waals surface area contributed by atoms with Gasteiger partial charge in [-0.1, -0.05) is 49.8 Å². The smallest absolute Gasteiger partial charge is 0.248 e. The van der Waals surface area contributed by atoms with E-state index in [0.717, 1.165) is 18.4 Å². The third-order valence-electron chi connectivity index (χ3n) is 6.01. The number of halogens is 1.